The molecule has 0 aliphatic heterocycles. The lowest BCUT2D eigenvalue weighted by Crippen LogP contribution is -2.06. The van der Waals surface area contributed by atoms with Crippen molar-refractivity contribution in [3.05, 3.63) is 48.3 Å². The van der Waals surface area contributed by atoms with E-state index in [1.165, 1.54) is 11.7 Å². The van der Waals surface area contributed by atoms with Crippen LogP contribution in [0.25, 0.3) is 22.2 Å². The summed E-state index contributed by atoms with van der Waals surface area (Å²) in [6, 6.07) is 10.3. The molecule has 0 amide bonds. The summed E-state index contributed by atoms with van der Waals surface area (Å²) < 4.78 is 39.2. The number of aromatic nitrogens is 3. The van der Waals surface area contributed by atoms with Crippen LogP contribution >= 0.6 is 0 Å². The van der Waals surface area contributed by atoms with Crippen LogP contribution in [0.5, 0.6) is 0 Å². The zero-order valence-corrected chi connectivity index (χ0v) is 10.5. The molecule has 0 unspecified atom stereocenters. The highest BCUT2D eigenvalue weighted by atomic mass is 19.4. The van der Waals surface area contributed by atoms with Crippen molar-refractivity contribution >= 4 is 10.8 Å². The normalized spacial score (nSPS) is 12.0. The van der Waals surface area contributed by atoms with Crippen LogP contribution in [0.3, 0.4) is 0 Å². The number of fused-ring (bicyclic) bond motifs is 1. The number of rotatable bonds is 1. The maximum atomic E-state index is 12.7. The molecule has 3 nitrogen and oxygen atoms in total. The minimum Gasteiger partial charge on any atom is -0.266 e. The highest BCUT2D eigenvalue weighted by Crippen LogP contribution is 2.31. The summed E-state index contributed by atoms with van der Waals surface area (Å²) in [6.07, 6.45) is -2.81. The monoisotopic (exact) mass is 277 g/mol. The standard InChI is InChI=1S/C14H10F3N3/c1-20-12(7-13(19-20)14(15,16)17)11-6-9-4-2-3-5-10(9)8-18-11/h2-8H,1H3. The zero-order chi connectivity index (χ0) is 14.3. The molecule has 6 heteroatoms. The Labute approximate surface area is 112 Å². The summed E-state index contributed by atoms with van der Waals surface area (Å²) >= 11 is 0. The smallest absolute Gasteiger partial charge is 0.266 e. The first kappa shape index (κ1) is 12.7. The van der Waals surface area contributed by atoms with Gasteiger partial charge >= 0.3 is 6.18 Å². The Morgan fingerprint density at radius 3 is 2.40 bits per heavy atom. The van der Waals surface area contributed by atoms with E-state index < -0.39 is 11.9 Å². The Hall–Kier alpha value is -2.37. The molecule has 0 radical (unpaired) electrons. The van der Waals surface area contributed by atoms with E-state index in [4.69, 9.17) is 0 Å². The molecule has 2 aromatic heterocycles. The van der Waals surface area contributed by atoms with E-state index in [2.05, 4.69) is 10.1 Å². The lowest BCUT2D eigenvalue weighted by Gasteiger charge is -2.02. The SMILES string of the molecule is Cn1nc(C(F)(F)F)cc1-c1cc2ccccc2cn1. The first-order valence-electron chi connectivity index (χ1n) is 5.91. The van der Waals surface area contributed by atoms with Crippen molar-refractivity contribution in [1.29, 1.82) is 0 Å². The Balaban J connectivity index is 2.13. The molecule has 3 aromatic rings. The van der Waals surface area contributed by atoms with Crippen molar-refractivity contribution in [1.82, 2.24) is 14.8 Å². The number of hydrogen-bond acceptors (Lipinski definition) is 2. The molecule has 20 heavy (non-hydrogen) atoms. The highest BCUT2D eigenvalue weighted by Gasteiger charge is 2.34. The predicted molar refractivity (Wildman–Crippen MR) is 68.9 cm³/mol. The third kappa shape index (κ3) is 2.13. The second kappa shape index (κ2) is 4.33. The quantitative estimate of drug-likeness (QED) is 0.679. The summed E-state index contributed by atoms with van der Waals surface area (Å²) in [7, 11) is 1.47. The molecule has 102 valence electrons. The molecule has 3 rings (SSSR count). The van der Waals surface area contributed by atoms with Gasteiger partial charge in [-0.1, -0.05) is 24.3 Å². The van der Waals surface area contributed by atoms with Crippen LogP contribution in [0.1, 0.15) is 5.69 Å². The van der Waals surface area contributed by atoms with Crippen LogP contribution in [0.4, 0.5) is 13.2 Å². The van der Waals surface area contributed by atoms with Crippen LogP contribution in [-0.4, -0.2) is 14.8 Å². The van der Waals surface area contributed by atoms with E-state index in [1.807, 2.05) is 24.3 Å². The van der Waals surface area contributed by atoms with Crippen molar-refractivity contribution in [2.24, 2.45) is 7.05 Å². The maximum absolute atomic E-state index is 12.7. The predicted octanol–water partition coefficient (Wildman–Crippen LogP) is 3.65. The molecule has 0 saturated carbocycles. The fourth-order valence-electron chi connectivity index (χ4n) is 2.07. The summed E-state index contributed by atoms with van der Waals surface area (Å²) in [5.74, 6) is 0. The minimum absolute atomic E-state index is 0.336. The van der Waals surface area contributed by atoms with Crippen LogP contribution in [0.15, 0.2) is 42.6 Å². The second-order valence-corrected chi connectivity index (χ2v) is 4.45. The van der Waals surface area contributed by atoms with E-state index in [1.54, 1.807) is 12.3 Å². The van der Waals surface area contributed by atoms with Gasteiger partial charge in [0, 0.05) is 18.6 Å². The van der Waals surface area contributed by atoms with Gasteiger partial charge < -0.3 is 0 Å². The molecule has 0 aliphatic rings. The lowest BCUT2D eigenvalue weighted by molar-refractivity contribution is -0.141. The van der Waals surface area contributed by atoms with Crippen LogP contribution in [0.2, 0.25) is 0 Å². The largest absolute Gasteiger partial charge is 0.435 e. The number of alkyl halides is 3. The van der Waals surface area contributed by atoms with E-state index in [9.17, 15) is 13.2 Å². The Kier molecular flexibility index (Phi) is 2.74. The van der Waals surface area contributed by atoms with Gasteiger partial charge in [0.2, 0.25) is 0 Å². The first-order valence-corrected chi connectivity index (χ1v) is 5.91. The first-order chi connectivity index (χ1) is 9.45. The van der Waals surface area contributed by atoms with Gasteiger partial charge in [0.1, 0.15) is 0 Å². The fourth-order valence-corrected chi connectivity index (χ4v) is 2.07. The topological polar surface area (TPSA) is 30.7 Å². The molecule has 1 aromatic carbocycles. The van der Waals surface area contributed by atoms with Gasteiger partial charge in [0.15, 0.2) is 5.69 Å². The van der Waals surface area contributed by atoms with E-state index in [0.29, 0.717) is 11.4 Å². The number of halogens is 3. The van der Waals surface area contributed by atoms with Crippen LogP contribution < -0.4 is 0 Å². The van der Waals surface area contributed by atoms with Crippen molar-refractivity contribution in [2.75, 3.05) is 0 Å². The Morgan fingerprint density at radius 2 is 1.75 bits per heavy atom. The lowest BCUT2D eigenvalue weighted by atomic mass is 10.1. The number of hydrogen-bond donors (Lipinski definition) is 0. The average molecular weight is 277 g/mol. The number of benzene rings is 1. The summed E-state index contributed by atoms with van der Waals surface area (Å²) in [5.41, 5.74) is -0.109. The Bertz CT molecular complexity index is 775. The molecule has 2 heterocycles. The number of aryl methyl sites for hydroxylation is 1. The molecule has 0 spiro atoms. The van der Waals surface area contributed by atoms with Crippen LogP contribution in [-0.2, 0) is 13.2 Å². The molecule has 0 fully saturated rings. The number of pyridine rings is 1. The number of nitrogens with zero attached hydrogens (tertiary/aromatic N) is 3. The summed E-state index contributed by atoms with van der Waals surface area (Å²) in [4.78, 5) is 4.21. The Morgan fingerprint density at radius 1 is 1.05 bits per heavy atom. The molecule has 0 atom stereocenters. The molecule has 0 bridgehead atoms. The molecule has 0 saturated heterocycles. The van der Waals surface area contributed by atoms with Crippen LogP contribution in [0, 0.1) is 0 Å². The van der Waals surface area contributed by atoms with Gasteiger partial charge in [0.05, 0.1) is 11.4 Å². The van der Waals surface area contributed by atoms with Crippen molar-refractivity contribution in [3.8, 4) is 11.4 Å². The van der Waals surface area contributed by atoms with Crippen molar-refractivity contribution in [2.45, 2.75) is 6.18 Å². The summed E-state index contributed by atoms with van der Waals surface area (Å²) in [6.45, 7) is 0. The zero-order valence-electron chi connectivity index (χ0n) is 10.5. The third-order valence-electron chi connectivity index (χ3n) is 3.06. The second-order valence-electron chi connectivity index (χ2n) is 4.45. The van der Waals surface area contributed by atoms with Crippen molar-refractivity contribution in [3.63, 3.8) is 0 Å². The maximum Gasteiger partial charge on any atom is 0.435 e. The molecule has 0 N–H and O–H groups in total. The molecule has 0 aliphatic carbocycles. The minimum atomic E-state index is -4.45. The summed E-state index contributed by atoms with van der Waals surface area (Å²) in [5, 5.41) is 5.35. The van der Waals surface area contributed by atoms with Gasteiger partial charge in [0.25, 0.3) is 0 Å². The highest BCUT2D eigenvalue weighted by molar-refractivity contribution is 5.84. The average Bonchev–Trinajstić information content (AvgIpc) is 2.80. The van der Waals surface area contributed by atoms with Gasteiger partial charge in [-0.05, 0) is 17.5 Å². The molecular weight excluding hydrogens is 267 g/mol. The fraction of sp³-hybridized carbons (Fsp3) is 0.143. The van der Waals surface area contributed by atoms with Gasteiger partial charge in [-0.2, -0.15) is 18.3 Å². The van der Waals surface area contributed by atoms with E-state index in [0.717, 1.165) is 16.8 Å². The third-order valence-corrected chi connectivity index (χ3v) is 3.06. The van der Waals surface area contributed by atoms with Gasteiger partial charge in [-0.25, -0.2) is 0 Å². The van der Waals surface area contributed by atoms with E-state index in [-0.39, 0.29) is 0 Å². The van der Waals surface area contributed by atoms with Gasteiger partial charge in [-0.3, -0.25) is 9.67 Å². The molecular formula is C14H10F3N3. The van der Waals surface area contributed by atoms with E-state index >= 15 is 0 Å². The van der Waals surface area contributed by atoms with Crippen molar-refractivity contribution < 1.29 is 13.2 Å². The van der Waals surface area contributed by atoms with Gasteiger partial charge in [-0.15, -0.1) is 0 Å².